The van der Waals surface area contributed by atoms with Crippen LogP contribution >= 0.6 is 0 Å². The second-order valence-electron chi connectivity index (χ2n) is 5.03. The van der Waals surface area contributed by atoms with E-state index in [2.05, 4.69) is 5.32 Å². The molecule has 0 saturated carbocycles. The van der Waals surface area contributed by atoms with E-state index in [9.17, 15) is 26.7 Å². The molecule has 3 N–H and O–H groups in total. The van der Waals surface area contributed by atoms with Crippen LogP contribution in [0.2, 0.25) is 0 Å². The SMILES string of the molecule is N=C(C(=O)O)c1cc(C(F)(F)F)ccc1NCc1ccc(F)cc1F. The van der Waals surface area contributed by atoms with Crippen LogP contribution in [0.3, 0.4) is 0 Å². The Morgan fingerprint density at radius 3 is 2.36 bits per heavy atom. The summed E-state index contributed by atoms with van der Waals surface area (Å²) in [4.78, 5) is 10.9. The minimum Gasteiger partial charge on any atom is -0.477 e. The zero-order valence-corrected chi connectivity index (χ0v) is 12.4. The van der Waals surface area contributed by atoms with Crippen molar-refractivity contribution >= 4 is 17.4 Å². The highest BCUT2D eigenvalue weighted by Gasteiger charge is 2.32. The maximum Gasteiger partial charge on any atom is 0.416 e. The van der Waals surface area contributed by atoms with Crippen LogP contribution in [0.4, 0.5) is 27.6 Å². The molecule has 2 aromatic rings. The van der Waals surface area contributed by atoms with Crippen LogP contribution in [0.1, 0.15) is 16.7 Å². The molecule has 0 spiro atoms. The van der Waals surface area contributed by atoms with E-state index in [1.165, 1.54) is 0 Å². The smallest absolute Gasteiger partial charge is 0.416 e. The average Bonchev–Trinajstić information content (AvgIpc) is 2.52. The van der Waals surface area contributed by atoms with Gasteiger partial charge in [0.05, 0.1) is 5.56 Å². The molecule has 0 aliphatic heterocycles. The Morgan fingerprint density at radius 1 is 1.12 bits per heavy atom. The van der Waals surface area contributed by atoms with Crippen LogP contribution in [0, 0.1) is 17.0 Å². The molecule has 2 aromatic carbocycles. The third-order valence-electron chi connectivity index (χ3n) is 3.31. The number of nitrogens with one attached hydrogen (secondary N) is 2. The first-order valence-electron chi connectivity index (χ1n) is 6.81. The molecule has 9 heteroatoms. The van der Waals surface area contributed by atoms with Gasteiger partial charge >= 0.3 is 12.1 Å². The second kappa shape index (κ2) is 6.88. The summed E-state index contributed by atoms with van der Waals surface area (Å²) in [6, 6.07) is 4.99. The molecule has 0 atom stereocenters. The molecule has 0 aromatic heterocycles. The van der Waals surface area contributed by atoms with Gasteiger partial charge in [-0.25, -0.2) is 13.6 Å². The molecular weight excluding hydrogens is 347 g/mol. The second-order valence-corrected chi connectivity index (χ2v) is 5.03. The minimum absolute atomic E-state index is 0.0223. The number of halogens is 5. The fourth-order valence-electron chi connectivity index (χ4n) is 2.05. The summed E-state index contributed by atoms with van der Waals surface area (Å²) in [6.45, 7) is -0.239. The lowest BCUT2D eigenvalue weighted by Gasteiger charge is -2.15. The van der Waals surface area contributed by atoms with Crippen molar-refractivity contribution in [2.75, 3.05) is 5.32 Å². The van der Waals surface area contributed by atoms with Gasteiger partial charge in [0.1, 0.15) is 17.3 Å². The Labute approximate surface area is 138 Å². The number of hydrogen-bond donors (Lipinski definition) is 3. The lowest BCUT2D eigenvalue weighted by Crippen LogP contribution is -2.17. The molecule has 0 radical (unpaired) electrons. The Morgan fingerprint density at radius 2 is 1.80 bits per heavy atom. The summed E-state index contributed by atoms with van der Waals surface area (Å²) >= 11 is 0. The maximum absolute atomic E-state index is 13.6. The van der Waals surface area contributed by atoms with Gasteiger partial charge < -0.3 is 10.4 Å². The number of carboxylic acid groups (broad SMARTS) is 1. The van der Waals surface area contributed by atoms with Gasteiger partial charge in [0.2, 0.25) is 0 Å². The number of aliphatic carboxylic acids is 1. The monoisotopic (exact) mass is 358 g/mol. The van der Waals surface area contributed by atoms with E-state index < -0.39 is 40.6 Å². The number of anilines is 1. The van der Waals surface area contributed by atoms with Crippen molar-refractivity contribution in [2.45, 2.75) is 12.7 Å². The molecule has 0 aliphatic rings. The van der Waals surface area contributed by atoms with Crippen LogP contribution in [0.5, 0.6) is 0 Å². The van der Waals surface area contributed by atoms with Gasteiger partial charge in [0, 0.05) is 29.4 Å². The summed E-state index contributed by atoms with van der Waals surface area (Å²) in [5, 5.41) is 18.9. The van der Waals surface area contributed by atoms with Gasteiger partial charge in [-0.3, -0.25) is 5.41 Å². The van der Waals surface area contributed by atoms with Crippen molar-refractivity contribution in [2.24, 2.45) is 0 Å². The molecule has 0 saturated heterocycles. The molecule has 0 bridgehead atoms. The van der Waals surface area contributed by atoms with Gasteiger partial charge in [-0.15, -0.1) is 0 Å². The van der Waals surface area contributed by atoms with Gasteiger partial charge in [0.15, 0.2) is 0 Å². The highest BCUT2D eigenvalue weighted by Crippen LogP contribution is 2.32. The molecule has 132 valence electrons. The van der Waals surface area contributed by atoms with E-state index in [4.69, 9.17) is 10.5 Å². The lowest BCUT2D eigenvalue weighted by atomic mass is 10.0. The first kappa shape index (κ1) is 18.4. The summed E-state index contributed by atoms with van der Waals surface area (Å²) in [5.41, 5.74) is -2.73. The molecule has 0 aliphatic carbocycles. The average molecular weight is 358 g/mol. The van der Waals surface area contributed by atoms with Crippen LogP contribution in [0.15, 0.2) is 36.4 Å². The highest BCUT2D eigenvalue weighted by molar-refractivity contribution is 6.42. The molecule has 4 nitrogen and oxygen atoms in total. The predicted octanol–water partition coefficient (Wildman–Crippen LogP) is 4.05. The molecule has 0 fully saturated rings. The van der Waals surface area contributed by atoms with Gasteiger partial charge in [-0.05, 0) is 24.3 Å². The quantitative estimate of drug-likeness (QED) is 0.558. The van der Waals surface area contributed by atoms with E-state index in [1.807, 2.05) is 0 Å². The van der Waals surface area contributed by atoms with Crippen LogP contribution < -0.4 is 5.32 Å². The summed E-state index contributed by atoms with van der Waals surface area (Å²) in [5.74, 6) is -3.37. The van der Waals surface area contributed by atoms with E-state index in [-0.39, 0.29) is 17.8 Å². The topological polar surface area (TPSA) is 73.2 Å². The molecular formula is C16H11F5N2O2. The van der Waals surface area contributed by atoms with Crippen LogP contribution in [-0.4, -0.2) is 16.8 Å². The Hall–Kier alpha value is -2.97. The van der Waals surface area contributed by atoms with E-state index in [0.29, 0.717) is 18.2 Å². The predicted molar refractivity (Wildman–Crippen MR) is 79.6 cm³/mol. The standard InChI is InChI=1S/C16H11F5N2O2/c17-10-3-1-8(12(18)6-10)7-23-13-4-2-9(16(19,20)21)5-11(13)14(22)15(24)25/h1-6,22-23H,7H2,(H,24,25). The normalized spacial score (nSPS) is 11.2. The molecule has 2 rings (SSSR count). The van der Waals surface area contributed by atoms with Gasteiger partial charge in [0.25, 0.3) is 0 Å². The van der Waals surface area contributed by atoms with Crippen molar-refractivity contribution in [1.29, 1.82) is 5.41 Å². The fraction of sp³-hybridized carbons (Fsp3) is 0.125. The summed E-state index contributed by atoms with van der Waals surface area (Å²) in [6.07, 6.45) is -4.71. The molecule has 25 heavy (non-hydrogen) atoms. The third-order valence-corrected chi connectivity index (χ3v) is 3.31. The summed E-state index contributed by atoms with van der Waals surface area (Å²) < 4.78 is 64.8. The van der Waals surface area contributed by atoms with E-state index in [0.717, 1.165) is 18.2 Å². The van der Waals surface area contributed by atoms with Crippen molar-refractivity contribution < 1.29 is 31.9 Å². The largest absolute Gasteiger partial charge is 0.477 e. The number of carboxylic acids is 1. The van der Waals surface area contributed by atoms with E-state index >= 15 is 0 Å². The Kier molecular flexibility index (Phi) is 5.05. The molecule has 0 unspecified atom stereocenters. The maximum atomic E-state index is 13.6. The van der Waals surface area contributed by atoms with Gasteiger partial charge in [-0.2, -0.15) is 13.2 Å². The molecule has 0 amide bonds. The lowest BCUT2D eigenvalue weighted by molar-refractivity contribution is -0.137. The Bertz CT molecular complexity index is 834. The third kappa shape index (κ3) is 4.31. The zero-order valence-electron chi connectivity index (χ0n) is 12.4. The first-order chi connectivity index (χ1) is 11.6. The number of carbonyl (C=O) groups is 1. The Balaban J connectivity index is 2.36. The zero-order chi connectivity index (χ0) is 18.8. The number of benzene rings is 2. The van der Waals surface area contributed by atoms with Crippen LogP contribution in [0.25, 0.3) is 0 Å². The minimum atomic E-state index is -4.71. The van der Waals surface area contributed by atoms with Crippen LogP contribution in [-0.2, 0) is 17.5 Å². The molecule has 0 heterocycles. The van der Waals surface area contributed by atoms with Crippen molar-refractivity contribution in [3.8, 4) is 0 Å². The van der Waals surface area contributed by atoms with Crippen molar-refractivity contribution in [3.05, 3.63) is 64.7 Å². The number of alkyl halides is 3. The first-order valence-corrected chi connectivity index (χ1v) is 6.81. The van der Waals surface area contributed by atoms with E-state index in [1.54, 1.807) is 0 Å². The number of hydrogen-bond acceptors (Lipinski definition) is 3. The number of rotatable bonds is 5. The summed E-state index contributed by atoms with van der Waals surface area (Å²) in [7, 11) is 0. The van der Waals surface area contributed by atoms with Crippen molar-refractivity contribution in [1.82, 2.24) is 0 Å². The highest BCUT2D eigenvalue weighted by atomic mass is 19.4. The van der Waals surface area contributed by atoms with Crippen molar-refractivity contribution in [3.63, 3.8) is 0 Å². The fourth-order valence-corrected chi connectivity index (χ4v) is 2.05. The van der Waals surface area contributed by atoms with Gasteiger partial charge in [-0.1, -0.05) is 6.07 Å².